The highest BCUT2D eigenvalue weighted by molar-refractivity contribution is 7.98. The fraction of sp³-hybridized carbons (Fsp3) is 0.917. The molecule has 0 fully saturated rings. The van der Waals surface area contributed by atoms with E-state index in [2.05, 4.69) is 30.7 Å². The molecule has 16 heavy (non-hydrogen) atoms. The quantitative estimate of drug-likeness (QED) is 0.578. The highest BCUT2D eigenvalue weighted by Crippen LogP contribution is 1.97. The second-order valence-corrected chi connectivity index (χ2v) is 5.38. The van der Waals surface area contributed by atoms with Crippen LogP contribution in [0.5, 0.6) is 0 Å². The van der Waals surface area contributed by atoms with E-state index in [-0.39, 0.29) is 5.91 Å². The van der Waals surface area contributed by atoms with Crippen LogP contribution in [-0.2, 0) is 4.79 Å². The van der Waals surface area contributed by atoms with Gasteiger partial charge in [-0.1, -0.05) is 13.8 Å². The summed E-state index contributed by atoms with van der Waals surface area (Å²) in [6.07, 6.45) is 5.18. The molecule has 0 saturated carbocycles. The number of carbonyl (C=O) groups is 1. The van der Waals surface area contributed by atoms with E-state index in [1.165, 1.54) is 18.6 Å². The van der Waals surface area contributed by atoms with Crippen molar-refractivity contribution in [1.29, 1.82) is 0 Å². The third kappa shape index (κ3) is 11.9. The molecule has 0 unspecified atom stereocenters. The first-order valence-electron chi connectivity index (χ1n) is 6.13. The third-order valence-corrected chi connectivity index (χ3v) is 2.89. The standard InChI is InChI=1S/C12H26N2OS/c1-11(2)10-14-12(15)6-8-13-7-4-5-9-16-3/h11,13H,4-10H2,1-3H3,(H,14,15). The number of hydrogen-bond acceptors (Lipinski definition) is 3. The Balaban J connectivity index is 3.15. The van der Waals surface area contributed by atoms with Gasteiger partial charge in [0, 0.05) is 19.5 Å². The van der Waals surface area contributed by atoms with Crippen LogP contribution < -0.4 is 10.6 Å². The number of rotatable bonds is 10. The minimum Gasteiger partial charge on any atom is -0.356 e. The summed E-state index contributed by atoms with van der Waals surface area (Å²) in [5.41, 5.74) is 0. The van der Waals surface area contributed by atoms with E-state index >= 15 is 0 Å². The fourth-order valence-corrected chi connectivity index (χ4v) is 1.72. The van der Waals surface area contributed by atoms with Gasteiger partial charge >= 0.3 is 0 Å². The molecule has 96 valence electrons. The van der Waals surface area contributed by atoms with Gasteiger partial charge in [0.2, 0.25) is 5.91 Å². The summed E-state index contributed by atoms with van der Waals surface area (Å²) < 4.78 is 0. The van der Waals surface area contributed by atoms with E-state index in [0.717, 1.165) is 19.6 Å². The number of hydrogen-bond donors (Lipinski definition) is 2. The third-order valence-electron chi connectivity index (χ3n) is 2.19. The lowest BCUT2D eigenvalue weighted by Gasteiger charge is -2.08. The van der Waals surface area contributed by atoms with Crippen LogP contribution in [0.15, 0.2) is 0 Å². The average Bonchev–Trinajstić information content (AvgIpc) is 2.25. The molecule has 0 aromatic carbocycles. The molecule has 0 radical (unpaired) electrons. The van der Waals surface area contributed by atoms with E-state index in [1.54, 1.807) is 0 Å². The van der Waals surface area contributed by atoms with Crippen LogP contribution in [0.2, 0.25) is 0 Å². The molecule has 0 saturated heterocycles. The van der Waals surface area contributed by atoms with Crippen molar-refractivity contribution in [2.24, 2.45) is 5.92 Å². The Morgan fingerprint density at radius 3 is 2.62 bits per heavy atom. The van der Waals surface area contributed by atoms with Gasteiger partial charge < -0.3 is 10.6 Å². The molecule has 0 aromatic rings. The lowest BCUT2D eigenvalue weighted by atomic mass is 10.2. The Kier molecular flexibility index (Phi) is 11.1. The van der Waals surface area contributed by atoms with Gasteiger partial charge in [-0.25, -0.2) is 0 Å². The van der Waals surface area contributed by atoms with Crippen molar-refractivity contribution < 1.29 is 4.79 Å². The van der Waals surface area contributed by atoms with Crippen molar-refractivity contribution in [3.05, 3.63) is 0 Å². The maximum Gasteiger partial charge on any atom is 0.221 e. The maximum absolute atomic E-state index is 11.3. The molecule has 2 N–H and O–H groups in total. The molecule has 0 heterocycles. The van der Waals surface area contributed by atoms with E-state index in [1.807, 2.05) is 11.8 Å². The number of nitrogens with one attached hydrogen (secondary N) is 2. The molecule has 0 bridgehead atoms. The fourth-order valence-electron chi connectivity index (χ4n) is 1.23. The summed E-state index contributed by atoms with van der Waals surface area (Å²) in [6, 6.07) is 0. The second-order valence-electron chi connectivity index (χ2n) is 4.40. The van der Waals surface area contributed by atoms with Gasteiger partial charge in [0.25, 0.3) is 0 Å². The molecule has 0 aromatic heterocycles. The largest absolute Gasteiger partial charge is 0.356 e. The lowest BCUT2D eigenvalue weighted by molar-refractivity contribution is -0.121. The summed E-state index contributed by atoms with van der Waals surface area (Å²) in [5.74, 6) is 1.92. The van der Waals surface area contributed by atoms with Crippen LogP contribution in [0.1, 0.15) is 33.1 Å². The molecule has 0 atom stereocenters. The highest BCUT2D eigenvalue weighted by Gasteiger charge is 2.01. The number of thioether (sulfide) groups is 1. The summed E-state index contributed by atoms with van der Waals surface area (Å²) in [4.78, 5) is 11.3. The average molecular weight is 246 g/mol. The van der Waals surface area contributed by atoms with Crippen molar-refractivity contribution in [3.8, 4) is 0 Å². The molecular weight excluding hydrogens is 220 g/mol. The van der Waals surface area contributed by atoms with Gasteiger partial charge in [-0.05, 0) is 37.3 Å². The molecule has 0 aliphatic heterocycles. The summed E-state index contributed by atoms with van der Waals surface area (Å²) >= 11 is 1.89. The van der Waals surface area contributed by atoms with E-state index < -0.39 is 0 Å². The molecule has 0 spiro atoms. The first kappa shape index (κ1) is 15.8. The predicted octanol–water partition coefficient (Wildman–Crippen LogP) is 1.88. The van der Waals surface area contributed by atoms with E-state index in [4.69, 9.17) is 0 Å². The number of carbonyl (C=O) groups excluding carboxylic acids is 1. The maximum atomic E-state index is 11.3. The summed E-state index contributed by atoms with van der Waals surface area (Å²) in [6.45, 7) is 6.81. The minimum atomic E-state index is 0.158. The first-order chi connectivity index (χ1) is 7.66. The first-order valence-corrected chi connectivity index (χ1v) is 7.52. The van der Waals surface area contributed by atoms with Crippen LogP contribution in [0, 0.1) is 5.92 Å². The Morgan fingerprint density at radius 2 is 2.00 bits per heavy atom. The molecule has 0 aliphatic carbocycles. The van der Waals surface area contributed by atoms with Gasteiger partial charge in [0.1, 0.15) is 0 Å². The van der Waals surface area contributed by atoms with Gasteiger partial charge in [0.15, 0.2) is 0 Å². The van der Waals surface area contributed by atoms with E-state index in [9.17, 15) is 4.79 Å². The monoisotopic (exact) mass is 246 g/mol. The van der Waals surface area contributed by atoms with Crippen LogP contribution in [0.3, 0.4) is 0 Å². The number of amides is 1. The predicted molar refractivity (Wildman–Crippen MR) is 73.0 cm³/mol. The van der Waals surface area contributed by atoms with Gasteiger partial charge in [0.05, 0.1) is 0 Å². The Hall–Kier alpha value is -0.220. The van der Waals surface area contributed by atoms with Crippen LogP contribution in [0.25, 0.3) is 0 Å². The van der Waals surface area contributed by atoms with Crippen molar-refractivity contribution in [2.75, 3.05) is 31.6 Å². The topological polar surface area (TPSA) is 41.1 Å². The molecule has 0 rings (SSSR count). The smallest absolute Gasteiger partial charge is 0.221 e. The molecular formula is C12H26N2OS. The molecule has 0 aliphatic rings. The van der Waals surface area contributed by atoms with E-state index in [0.29, 0.717) is 12.3 Å². The van der Waals surface area contributed by atoms with Crippen molar-refractivity contribution >= 4 is 17.7 Å². The highest BCUT2D eigenvalue weighted by atomic mass is 32.2. The minimum absolute atomic E-state index is 0.158. The zero-order valence-electron chi connectivity index (χ0n) is 10.8. The van der Waals surface area contributed by atoms with Gasteiger partial charge in [-0.15, -0.1) is 0 Å². The summed E-state index contributed by atoms with van der Waals surface area (Å²) in [7, 11) is 0. The Morgan fingerprint density at radius 1 is 1.25 bits per heavy atom. The zero-order valence-corrected chi connectivity index (χ0v) is 11.7. The zero-order chi connectivity index (χ0) is 12.2. The van der Waals surface area contributed by atoms with Crippen molar-refractivity contribution in [3.63, 3.8) is 0 Å². The number of unbranched alkanes of at least 4 members (excludes halogenated alkanes) is 1. The van der Waals surface area contributed by atoms with Gasteiger partial charge in [-0.3, -0.25) is 4.79 Å². The van der Waals surface area contributed by atoms with Crippen LogP contribution >= 0.6 is 11.8 Å². The normalized spacial score (nSPS) is 10.8. The van der Waals surface area contributed by atoms with Crippen LogP contribution in [0.4, 0.5) is 0 Å². The second kappa shape index (κ2) is 11.3. The van der Waals surface area contributed by atoms with Crippen LogP contribution in [-0.4, -0.2) is 37.6 Å². The van der Waals surface area contributed by atoms with Crippen molar-refractivity contribution in [1.82, 2.24) is 10.6 Å². The molecule has 3 nitrogen and oxygen atoms in total. The lowest BCUT2D eigenvalue weighted by Crippen LogP contribution is -2.30. The molecule has 4 heteroatoms. The Labute approximate surface area is 104 Å². The Bertz CT molecular complexity index is 174. The SMILES string of the molecule is CSCCCCNCCC(=O)NCC(C)C. The van der Waals surface area contributed by atoms with Crippen molar-refractivity contribution in [2.45, 2.75) is 33.1 Å². The van der Waals surface area contributed by atoms with Gasteiger partial charge in [-0.2, -0.15) is 11.8 Å². The summed E-state index contributed by atoms with van der Waals surface area (Å²) in [5, 5.41) is 6.20. The molecule has 1 amide bonds.